The summed E-state index contributed by atoms with van der Waals surface area (Å²) in [5.74, 6) is 1.48. The van der Waals surface area contributed by atoms with E-state index in [0.29, 0.717) is 5.75 Å². The van der Waals surface area contributed by atoms with E-state index < -0.39 is 0 Å². The van der Waals surface area contributed by atoms with Crippen LogP contribution in [0.1, 0.15) is 25.3 Å². The molecule has 0 radical (unpaired) electrons. The number of hydrogen-bond donors (Lipinski definition) is 2. The van der Waals surface area contributed by atoms with Gasteiger partial charge in [0.2, 0.25) is 0 Å². The normalized spacial score (nSPS) is 11.3. The molecule has 1 aromatic carbocycles. The number of likely N-dealkylation sites (N-methyl/N-ethyl adjacent to an activating group) is 1. The molecule has 2 N–H and O–H groups in total. The summed E-state index contributed by atoms with van der Waals surface area (Å²) >= 11 is 1.26. The number of aromatic nitrogens is 1. The molecule has 2 rings (SSSR count). The van der Waals surface area contributed by atoms with Crippen LogP contribution in [-0.2, 0) is 6.42 Å². The molecule has 120 valence electrons. The van der Waals surface area contributed by atoms with Crippen molar-refractivity contribution in [2.45, 2.75) is 26.2 Å². The second-order valence-electron chi connectivity index (χ2n) is 5.75. The molecule has 2 aromatic rings. The molecule has 0 aliphatic heterocycles. The third-order valence-electron chi connectivity index (χ3n) is 3.55. The van der Waals surface area contributed by atoms with Crippen LogP contribution in [0.25, 0.3) is 10.9 Å². The maximum absolute atomic E-state index is 12.0. The Bertz CT molecular complexity index is 622. The lowest BCUT2D eigenvalue weighted by molar-refractivity contribution is -0.858. The molecule has 0 unspecified atom stereocenters. The molecule has 0 atom stereocenters. The summed E-state index contributed by atoms with van der Waals surface area (Å²) in [6.07, 6.45) is 5.10. The molecule has 0 fully saturated rings. The van der Waals surface area contributed by atoms with Gasteiger partial charge in [-0.3, -0.25) is 0 Å². The van der Waals surface area contributed by atoms with Gasteiger partial charge in [0, 0.05) is 29.3 Å². The van der Waals surface area contributed by atoms with Gasteiger partial charge < -0.3 is 14.6 Å². The Morgan fingerprint density at radius 2 is 2.18 bits per heavy atom. The summed E-state index contributed by atoms with van der Waals surface area (Å²) in [4.78, 5) is 16.6. The first-order chi connectivity index (χ1) is 10.6. The highest BCUT2D eigenvalue weighted by molar-refractivity contribution is 8.13. The van der Waals surface area contributed by atoms with Crippen LogP contribution in [0, 0.1) is 0 Å². The Hall–Kier alpha value is -1.46. The molecule has 22 heavy (non-hydrogen) atoms. The Kier molecular flexibility index (Phi) is 6.34. The third-order valence-corrected chi connectivity index (χ3v) is 4.37. The molecule has 4 nitrogen and oxygen atoms in total. The highest BCUT2D eigenvalue weighted by atomic mass is 32.2. The summed E-state index contributed by atoms with van der Waals surface area (Å²) < 4.78 is 5.58. The smallest absolute Gasteiger partial charge is 0.372 e. The van der Waals surface area contributed by atoms with Gasteiger partial charge in [0.15, 0.2) is 0 Å². The Labute approximate surface area is 136 Å². The van der Waals surface area contributed by atoms with Gasteiger partial charge in [-0.05, 0) is 35.9 Å². The number of carbonyl (C=O) groups is 1. The molecule has 0 bridgehead atoms. The molecular weight excluding hydrogens is 296 g/mol. The van der Waals surface area contributed by atoms with Crippen molar-refractivity contribution >= 4 is 28.0 Å². The van der Waals surface area contributed by atoms with Gasteiger partial charge in [0.1, 0.15) is 5.75 Å². The predicted octanol–water partition coefficient (Wildman–Crippen LogP) is 2.89. The largest absolute Gasteiger partial charge is 0.418 e. The van der Waals surface area contributed by atoms with Gasteiger partial charge in [-0.2, -0.15) is 0 Å². The zero-order chi connectivity index (χ0) is 15.9. The molecule has 0 saturated carbocycles. The standard InChI is InChI=1S/C17H24N2O2S/c1-4-5-11-22-17(20)21-15-8-6-7-14-16(15)13(12-18-14)9-10-19(2)3/h6-8,12,18H,4-5,9-11H2,1-3H3/p+1. The van der Waals surface area contributed by atoms with Gasteiger partial charge in [-0.1, -0.05) is 19.4 Å². The van der Waals surface area contributed by atoms with Crippen LogP contribution in [-0.4, -0.2) is 36.7 Å². The number of fused-ring (bicyclic) bond motifs is 1. The number of nitrogens with one attached hydrogen (secondary N) is 2. The summed E-state index contributed by atoms with van der Waals surface area (Å²) in [7, 11) is 4.28. The summed E-state index contributed by atoms with van der Waals surface area (Å²) in [6.45, 7) is 3.16. The highest BCUT2D eigenvalue weighted by Gasteiger charge is 2.13. The molecular formula is C17H25N2O2S+. The van der Waals surface area contributed by atoms with Gasteiger partial charge in [0.25, 0.3) is 0 Å². The van der Waals surface area contributed by atoms with Crippen molar-refractivity contribution in [1.29, 1.82) is 0 Å². The fraction of sp³-hybridized carbons (Fsp3) is 0.471. The van der Waals surface area contributed by atoms with Crippen molar-refractivity contribution in [3.63, 3.8) is 0 Å². The van der Waals surface area contributed by atoms with Crippen molar-refractivity contribution in [2.24, 2.45) is 0 Å². The lowest BCUT2D eigenvalue weighted by Gasteiger charge is -2.09. The van der Waals surface area contributed by atoms with Crippen LogP contribution in [0.2, 0.25) is 0 Å². The van der Waals surface area contributed by atoms with Crippen LogP contribution in [0.15, 0.2) is 24.4 Å². The van der Waals surface area contributed by atoms with Crippen LogP contribution >= 0.6 is 11.8 Å². The fourth-order valence-electron chi connectivity index (χ4n) is 2.31. The number of rotatable bonds is 7. The van der Waals surface area contributed by atoms with E-state index >= 15 is 0 Å². The molecule has 5 heteroatoms. The summed E-state index contributed by atoms with van der Waals surface area (Å²) in [5, 5.41) is 0.819. The lowest BCUT2D eigenvalue weighted by Crippen LogP contribution is -3.05. The lowest BCUT2D eigenvalue weighted by atomic mass is 10.1. The summed E-state index contributed by atoms with van der Waals surface area (Å²) in [6, 6.07) is 5.81. The molecule has 0 amide bonds. The molecule has 0 aliphatic rings. The molecule has 0 aliphatic carbocycles. The highest BCUT2D eigenvalue weighted by Crippen LogP contribution is 2.30. The van der Waals surface area contributed by atoms with Crippen LogP contribution in [0.4, 0.5) is 4.79 Å². The zero-order valence-corrected chi connectivity index (χ0v) is 14.4. The number of unbranched alkanes of at least 4 members (excludes halogenated alkanes) is 1. The van der Waals surface area contributed by atoms with Crippen LogP contribution in [0.5, 0.6) is 5.75 Å². The van der Waals surface area contributed by atoms with Gasteiger partial charge in [0.05, 0.1) is 20.6 Å². The van der Waals surface area contributed by atoms with E-state index in [1.54, 1.807) is 0 Å². The Morgan fingerprint density at radius 3 is 2.91 bits per heavy atom. The van der Waals surface area contributed by atoms with Gasteiger partial charge in [-0.15, -0.1) is 0 Å². The van der Waals surface area contributed by atoms with Crippen LogP contribution < -0.4 is 9.64 Å². The first-order valence-corrected chi connectivity index (χ1v) is 8.83. The number of thioether (sulfide) groups is 1. The molecule has 1 heterocycles. The first-order valence-electron chi connectivity index (χ1n) is 7.84. The minimum Gasteiger partial charge on any atom is -0.418 e. The SMILES string of the molecule is CCCCSC(=O)Oc1cccc2[nH]cc(CC[NH+](C)C)c12. The third kappa shape index (κ3) is 4.52. The van der Waals surface area contributed by atoms with Gasteiger partial charge in [-0.25, -0.2) is 4.79 Å². The van der Waals surface area contributed by atoms with E-state index in [-0.39, 0.29) is 5.30 Å². The predicted molar refractivity (Wildman–Crippen MR) is 93.1 cm³/mol. The molecule has 1 aromatic heterocycles. The number of ether oxygens (including phenoxy) is 1. The minimum atomic E-state index is -0.216. The molecule has 0 spiro atoms. The summed E-state index contributed by atoms with van der Waals surface area (Å²) in [5.41, 5.74) is 2.23. The fourth-order valence-corrected chi connectivity index (χ4v) is 3.05. The maximum atomic E-state index is 12.0. The Morgan fingerprint density at radius 1 is 1.36 bits per heavy atom. The van der Waals surface area contributed by atoms with E-state index in [1.165, 1.54) is 22.2 Å². The average molecular weight is 321 g/mol. The van der Waals surface area contributed by atoms with Crippen molar-refractivity contribution in [3.8, 4) is 5.75 Å². The van der Waals surface area contributed by atoms with E-state index in [0.717, 1.165) is 42.5 Å². The van der Waals surface area contributed by atoms with E-state index in [1.807, 2.05) is 24.4 Å². The first kappa shape index (κ1) is 16.9. The minimum absolute atomic E-state index is 0.216. The van der Waals surface area contributed by atoms with Crippen molar-refractivity contribution in [2.75, 3.05) is 26.4 Å². The van der Waals surface area contributed by atoms with Crippen molar-refractivity contribution in [3.05, 3.63) is 30.0 Å². The van der Waals surface area contributed by atoms with E-state index in [2.05, 4.69) is 26.0 Å². The van der Waals surface area contributed by atoms with Crippen LogP contribution in [0.3, 0.4) is 0 Å². The number of hydrogen-bond acceptors (Lipinski definition) is 3. The van der Waals surface area contributed by atoms with Gasteiger partial charge >= 0.3 is 5.30 Å². The second kappa shape index (κ2) is 8.25. The molecule has 0 saturated heterocycles. The average Bonchev–Trinajstić information content (AvgIpc) is 2.89. The number of aromatic amines is 1. The second-order valence-corrected chi connectivity index (χ2v) is 6.78. The van der Waals surface area contributed by atoms with Crippen molar-refractivity contribution < 1.29 is 14.4 Å². The monoisotopic (exact) mass is 321 g/mol. The van der Waals surface area contributed by atoms with Crippen molar-refractivity contribution in [1.82, 2.24) is 4.98 Å². The number of H-pyrrole nitrogens is 1. The van der Waals surface area contributed by atoms with E-state index in [9.17, 15) is 4.79 Å². The topological polar surface area (TPSA) is 46.5 Å². The van der Waals surface area contributed by atoms with E-state index in [4.69, 9.17) is 4.74 Å². The number of benzene rings is 1. The quantitative estimate of drug-likeness (QED) is 0.609. The zero-order valence-electron chi connectivity index (χ0n) is 13.6. The number of carbonyl (C=O) groups excluding carboxylic acids is 1. The number of quaternary nitrogens is 1. The maximum Gasteiger partial charge on any atom is 0.372 e. The Balaban J connectivity index is 2.14.